The Morgan fingerprint density at radius 1 is 0.920 bits per heavy atom. The Hall–Kier alpha value is -2.11. The number of methoxy groups -OCH3 is 3. The molecule has 0 saturated carbocycles. The molecule has 0 spiro atoms. The lowest BCUT2D eigenvalue weighted by Gasteiger charge is -2.14. The van der Waals surface area contributed by atoms with E-state index in [1.807, 2.05) is 12.1 Å². The van der Waals surface area contributed by atoms with E-state index >= 15 is 0 Å². The summed E-state index contributed by atoms with van der Waals surface area (Å²) in [5.74, 6) is 1.48. The normalized spacial score (nSPS) is 10.3. The number of nitrogens with one attached hydrogen (secondary N) is 1. The van der Waals surface area contributed by atoms with Crippen LogP contribution in [0.5, 0.6) is 17.2 Å². The smallest absolute Gasteiger partial charge is 0.224 e. The summed E-state index contributed by atoms with van der Waals surface area (Å²) in [7, 11) is 4.65. The molecule has 0 fully saturated rings. The number of hydrogen-bond donors (Lipinski definition) is 1. The lowest BCUT2D eigenvalue weighted by atomic mass is 10.1. The van der Waals surface area contributed by atoms with E-state index < -0.39 is 0 Å². The highest BCUT2D eigenvalue weighted by atomic mass is 35.5. The molecule has 0 radical (unpaired) electrons. The van der Waals surface area contributed by atoms with Crippen LogP contribution in [0.15, 0.2) is 30.3 Å². The van der Waals surface area contributed by atoms with E-state index in [-0.39, 0.29) is 12.3 Å². The summed E-state index contributed by atoms with van der Waals surface area (Å²) >= 11 is 11.9. The van der Waals surface area contributed by atoms with Gasteiger partial charge in [-0.3, -0.25) is 4.79 Å². The van der Waals surface area contributed by atoms with Crippen LogP contribution in [0.25, 0.3) is 0 Å². The monoisotopic (exact) mass is 383 g/mol. The molecule has 1 amide bonds. The second-order valence-corrected chi connectivity index (χ2v) is 6.11. The molecule has 7 heteroatoms. The Morgan fingerprint density at radius 3 is 1.96 bits per heavy atom. The molecule has 2 rings (SSSR count). The molecule has 1 N–H and O–H groups in total. The highest BCUT2D eigenvalue weighted by Gasteiger charge is 2.14. The maximum absolute atomic E-state index is 12.2. The average Bonchev–Trinajstić information content (AvgIpc) is 2.57. The standard InChI is InChI=1S/C18H19Cl2NO4/c1-23-15-6-11(7-16(24-2)18(15)25-3)4-5-17(22)21-14-9-12(19)8-13(20)10-14/h6-10H,4-5H2,1-3H3,(H,21,22). The Kier molecular flexibility index (Phi) is 6.79. The van der Waals surface area contributed by atoms with Crippen LogP contribution in [0.3, 0.4) is 0 Å². The summed E-state index contributed by atoms with van der Waals surface area (Å²) in [6.07, 6.45) is 0.791. The van der Waals surface area contributed by atoms with Gasteiger partial charge in [0.2, 0.25) is 11.7 Å². The number of amides is 1. The fourth-order valence-corrected chi connectivity index (χ4v) is 2.91. The first kappa shape index (κ1) is 19.2. The molecule has 0 bridgehead atoms. The van der Waals surface area contributed by atoms with Gasteiger partial charge in [-0.1, -0.05) is 23.2 Å². The van der Waals surface area contributed by atoms with Crippen molar-refractivity contribution in [2.24, 2.45) is 0 Å². The number of carbonyl (C=O) groups is 1. The van der Waals surface area contributed by atoms with E-state index in [1.54, 1.807) is 39.5 Å². The van der Waals surface area contributed by atoms with Crippen LogP contribution in [-0.2, 0) is 11.2 Å². The average molecular weight is 384 g/mol. The van der Waals surface area contributed by atoms with Crippen molar-refractivity contribution in [3.63, 3.8) is 0 Å². The highest BCUT2D eigenvalue weighted by Crippen LogP contribution is 2.38. The summed E-state index contributed by atoms with van der Waals surface area (Å²) < 4.78 is 15.9. The third-order valence-electron chi connectivity index (χ3n) is 3.51. The minimum Gasteiger partial charge on any atom is -0.493 e. The maximum atomic E-state index is 12.2. The molecule has 0 aliphatic heterocycles. The van der Waals surface area contributed by atoms with Crippen molar-refractivity contribution >= 4 is 34.8 Å². The van der Waals surface area contributed by atoms with Crippen molar-refractivity contribution in [3.8, 4) is 17.2 Å². The van der Waals surface area contributed by atoms with E-state index in [2.05, 4.69) is 5.32 Å². The van der Waals surface area contributed by atoms with Crippen molar-refractivity contribution in [2.45, 2.75) is 12.8 Å². The zero-order valence-corrected chi connectivity index (χ0v) is 15.7. The minimum absolute atomic E-state index is 0.146. The summed E-state index contributed by atoms with van der Waals surface area (Å²) in [5, 5.41) is 3.71. The Bertz CT molecular complexity index is 719. The maximum Gasteiger partial charge on any atom is 0.224 e. The fraction of sp³-hybridized carbons (Fsp3) is 0.278. The third kappa shape index (κ3) is 5.18. The fourth-order valence-electron chi connectivity index (χ4n) is 2.39. The number of anilines is 1. The van der Waals surface area contributed by atoms with Gasteiger partial charge in [-0.05, 0) is 42.3 Å². The van der Waals surface area contributed by atoms with Crippen LogP contribution in [-0.4, -0.2) is 27.2 Å². The molecule has 25 heavy (non-hydrogen) atoms. The molecular formula is C18H19Cl2NO4. The molecule has 134 valence electrons. The first-order valence-corrected chi connectivity index (χ1v) is 8.27. The number of hydrogen-bond acceptors (Lipinski definition) is 4. The van der Waals surface area contributed by atoms with Gasteiger partial charge in [0.05, 0.1) is 21.3 Å². The molecule has 0 saturated heterocycles. The number of benzene rings is 2. The predicted molar refractivity (Wildman–Crippen MR) is 99.5 cm³/mol. The largest absolute Gasteiger partial charge is 0.493 e. The summed E-state index contributed by atoms with van der Waals surface area (Å²) in [5.41, 5.74) is 1.46. The molecule has 5 nitrogen and oxygen atoms in total. The zero-order chi connectivity index (χ0) is 18.4. The Morgan fingerprint density at radius 2 is 1.48 bits per heavy atom. The molecule has 2 aromatic rings. The summed E-state index contributed by atoms with van der Waals surface area (Å²) in [4.78, 5) is 12.2. The van der Waals surface area contributed by atoms with Gasteiger partial charge in [0.1, 0.15) is 0 Å². The first-order chi connectivity index (χ1) is 12.0. The Balaban J connectivity index is 2.06. The van der Waals surface area contributed by atoms with Crippen LogP contribution in [0.4, 0.5) is 5.69 Å². The van der Waals surface area contributed by atoms with Crippen LogP contribution in [0.2, 0.25) is 10.0 Å². The van der Waals surface area contributed by atoms with Crippen LogP contribution >= 0.6 is 23.2 Å². The van der Waals surface area contributed by atoms with E-state index in [0.717, 1.165) is 5.56 Å². The van der Waals surface area contributed by atoms with Gasteiger partial charge in [-0.25, -0.2) is 0 Å². The molecule has 2 aromatic carbocycles. The number of ether oxygens (including phenoxy) is 3. The second kappa shape index (κ2) is 8.83. The summed E-state index contributed by atoms with van der Waals surface area (Å²) in [6.45, 7) is 0. The molecule has 0 unspecified atom stereocenters. The predicted octanol–water partition coefficient (Wildman–Crippen LogP) is 4.59. The van der Waals surface area contributed by atoms with E-state index in [1.165, 1.54) is 0 Å². The lowest BCUT2D eigenvalue weighted by Crippen LogP contribution is -2.12. The van der Waals surface area contributed by atoms with Crippen molar-refractivity contribution in [3.05, 3.63) is 45.9 Å². The molecule has 0 aliphatic carbocycles. The quantitative estimate of drug-likeness (QED) is 0.759. The molecule has 0 heterocycles. The van der Waals surface area contributed by atoms with Gasteiger partial charge >= 0.3 is 0 Å². The molecule has 0 aromatic heterocycles. The second-order valence-electron chi connectivity index (χ2n) is 5.24. The van der Waals surface area contributed by atoms with Crippen molar-refractivity contribution in [1.29, 1.82) is 0 Å². The number of rotatable bonds is 7. The van der Waals surface area contributed by atoms with Gasteiger partial charge in [-0.2, -0.15) is 0 Å². The van der Waals surface area contributed by atoms with Gasteiger partial charge in [0, 0.05) is 22.2 Å². The summed E-state index contributed by atoms with van der Waals surface area (Å²) in [6, 6.07) is 8.54. The van der Waals surface area contributed by atoms with Gasteiger partial charge in [0.15, 0.2) is 11.5 Å². The van der Waals surface area contributed by atoms with Gasteiger partial charge < -0.3 is 19.5 Å². The topological polar surface area (TPSA) is 56.8 Å². The van der Waals surface area contributed by atoms with Crippen LogP contribution in [0, 0.1) is 0 Å². The third-order valence-corrected chi connectivity index (χ3v) is 3.95. The first-order valence-electron chi connectivity index (χ1n) is 7.51. The van der Waals surface area contributed by atoms with Crippen molar-refractivity contribution < 1.29 is 19.0 Å². The van der Waals surface area contributed by atoms with E-state index in [0.29, 0.717) is 39.4 Å². The number of halogens is 2. The van der Waals surface area contributed by atoms with Crippen LogP contribution < -0.4 is 19.5 Å². The molecule has 0 aliphatic rings. The van der Waals surface area contributed by atoms with Gasteiger partial charge in [0.25, 0.3) is 0 Å². The van der Waals surface area contributed by atoms with Crippen molar-refractivity contribution in [2.75, 3.05) is 26.6 Å². The number of aryl methyl sites for hydroxylation is 1. The number of carbonyl (C=O) groups excluding carboxylic acids is 1. The van der Waals surface area contributed by atoms with E-state index in [4.69, 9.17) is 37.4 Å². The van der Waals surface area contributed by atoms with Crippen LogP contribution in [0.1, 0.15) is 12.0 Å². The minimum atomic E-state index is -0.146. The van der Waals surface area contributed by atoms with Gasteiger partial charge in [-0.15, -0.1) is 0 Å². The SMILES string of the molecule is COc1cc(CCC(=O)Nc2cc(Cl)cc(Cl)c2)cc(OC)c1OC. The zero-order valence-electron chi connectivity index (χ0n) is 14.2. The van der Waals surface area contributed by atoms with E-state index in [9.17, 15) is 4.79 Å². The molecular weight excluding hydrogens is 365 g/mol. The lowest BCUT2D eigenvalue weighted by molar-refractivity contribution is -0.116. The van der Waals surface area contributed by atoms with Crippen molar-refractivity contribution in [1.82, 2.24) is 0 Å². The Labute approximate surface area is 156 Å². The molecule has 0 atom stereocenters. The highest BCUT2D eigenvalue weighted by molar-refractivity contribution is 6.35.